The second-order valence-electron chi connectivity index (χ2n) is 6.93. The molecule has 1 unspecified atom stereocenters. The fraction of sp³-hybridized carbons (Fsp3) is 0.185. The summed E-state index contributed by atoms with van der Waals surface area (Å²) >= 11 is 0. The van der Waals surface area contributed by atoms with Crippen molar-refractivity contribution in [2.75, 3.05) is 0 Å². The summed E-state index contributed by atoms with van der Waals surface area (Å²) in [5.74, 6) is 0. The van der Waals surface area contributed by atoms with Crippen LogP contribution < -0.4 is 0 Å². The number of hydrogen-bond donors (Lipinski definition) is 0. The SMILES string of the molecule is C=C/C=C1\C(=C/C)c2ccc(C)cc2C1(C(/C=C\C)=C/C)c1ccccc1. The van der Waals surface area contributed by atoms with Crippen LogP contribution in [0.4, 0.5) is 0 Å². The lowest BCUT2D eigenvalue weighted by Crippen LogP contribution is -2.29. The van der Waals surface area contributed by atoms with Crippen molar-refractivity contribution in [2.24, 2.45) is 0 Å². The van der Waals surface area contributed by atoms with Gasteiger partial charge in [-0.15, -0.1) is 0 Å². The molecular formula is C27H28. The Morgan fingerprint density at radius 3 is 2.33 bits per heavy atom. The molecule has 0 spiro atoms. The summed E-state index contributed by atoms with van der Waals surface area (Å²) in [7, 11) is 0. The third kappa shape index (κ3) is 2.86. The Kier molecular flexibility index (Phi) is 5.46. The average molecular weight is 353 g/mol. The van der Waals surface area contributed by atoms with Crippen LogP contribution in [0.5, 0.6) is 0 Å². The van der Waals surface area contributed by atoms with Crippen LogP contribution in [-0.2, 0) is 5.41 Å². The molecule has 0 aliphatic heterocycles. The Balaban J connectivity index is 2.56. The molecule has 0 nitrogen and oxygen atoms in total. The highest BCUT2D eigenvalue weighted by Crippen LogP contribution is 2.57. The first kappa shape index (κ1) is 18.9. The van der Waals surface area contributed by atoms with Crippen LogP contribution >= 0.6 is 0 Å². The number of fused-ring (bicyclic) bond motifs is 1. The van der Waals surface area contributed by atoms with Gasteiger partial charge in [0.25, 0.3) is 0 Å². The molecule has 27 heavy (non-hydrogen) atoms. The van der Waals surface area contributed by atoms with Gasteiger partial charge in [-0.1, -0.05) is 97.1 Å². The van der Waals surface area contributed by atoms with Crippen molar-refractivity contribution in [3.63, 3.8) is 0 Å². The maximum atomic E-state index is 4.02. The van der Waals surface area contributed by atoms with E-state index in [0.29, 0.717) is 0 Å². The van der Waals surface area contributed by atoms with Gasteiger partial charge < -0.3 is 0 Å². The molecule has 2 aromatic rings. The quantitative estimate of drug-likeness (QED) is 0.505. The van der Waals surface area contributed by atoms with Crippen molar-refractivity contribution in [3.05, 3.63) is 125 Å². The Morgan fingerprint density at radius 2 is 1.74 bits per heavy atom. The summed E-state index contributed by atoms with van der Waals surface area (Å²) in [4.78, 5) is 0. The molecule has 0 amide bonds. The molecule has 0 bridgehead atoms. The van der Waals surface area contributed by atoms with E-state index in [1.807, 2.05) is 6.08 Å². The molecule has 1 atom stereocenters. The van der Waals surface area contributed by atoms with Crippen LogP contribution in [-0.4, -0.2) is 0 Å². The molecule has 0 saturated heterocycles. The molecular weight excluding hydrogens is 324 g/mol. The molecule has 0 radical (unpaired) electrons. The molecule has 3 rings (SSSR count). The smallest absolute Gasteiger partial charge is 0.0710 e. The maximum Gasteiger partial charge on any atom is 0.0710 e. The number of aryl methyl sites for hydroxylation is 1. The molecule has 0 N–H and O–H groups in total. The number of hydrogen-bond acceptors (Lipinski definition) is 0. The fourth-order valence-corrected chi connectivity index (χ4v) is 4.43. The van der Waals surface area contributed by atoms with Crippen molar-refractivity contribution in [1.29, 1.82) is 0 Å². The number of benzene rings is 2. The van der Waals surface area contributed by atoms with Crippen molar-refractivity contribution in [2.45, 2.75) is 33.1 Å². The van der Waals surface area contributed by atoms with Crippen LogP contribution in [0.15, 0.2) is 103 Å². The van der Waals surface area contributed by atoms with Crippen molar-refractivity contribution in [1.82, 2.24) is 0 Å². The molecule has 0 saturated carbocycles. The van der Waals surface area contributed by atoms with E-state index in [1.54, 1.807) is 0 Å². The second kappa shape index (κ2) is 7.80. The third-order valence-electron chi connectivity index (χ3n) is 5.43. The van der Waals surface area contributed by atoms with Gasteiger partial charge in [0.15, 0.2) is 0 Å². The molecule has 0 heteroatoms. The van der Waals surface area contributed by atoms with Gasteiger partial charge in [-0.25, -0.2) is 0 Å². The molecule has 0 aromatic heterocycles. The summed E-state index contributed by atoms with van der Waals surface area (Å²) < 4.78 is 0. The minimum Gasteiger partial charge on any atom is -0.0991 e. The summed E-state index contributed by atoms with van der Waals surface area (Å²) in [6, 6.07) is 17.7. The molecule has 0 heterocycles. The highest BCUT2D eigenvalue weighted by atomic mass is 14.5. The first-order valence-corrected chi connectivity index (χ1v) is 9.61. The molecule has 1 aliphatic rings. The maximum absolute atomic E-state index is 4.02. The van der Waals surface area contributed by atoms with Crippen LogP contribution in [0.25, 0.3) is 5.57 Å². The summed E-state index contributed by atoms with van der Waals surface area (Å²) in [5.41, 5.74) is 8.75. The molecule has 2 aromatic carbocycles. The standard InChI is InChI=1S/C27H28/c1-6-13-21(8-3)27(22-15-11-10-12-16-22)25(14-7-2)23(9-4)24-18-17-20(5)19-26(24)27/h6-19H,2H2,1,3-5H3/b13-6-,21-8+,23-9-,25-14+. The Morgan fingerprint density at radius 1 is 1.00 bits per heavy atom. The molecule has 1 aliphatic carbocycles. The monoisotopic (exact) mass is 352 g/mol. The zero-order chi connectivity index (χ0) is 19.4. The highest BCUT2D eigenvalue weighted by molar-refractivity contribution is 5.94. The summed E-state index contributed by atoms with van der Waals surface area (Å²) in [6.45, 7) is 12.5. The minimum atomic E-state index is -0.333. The van der Waals surface area contributed by atoms with Crippen molar-refractivity contribution >= 4 is 5.57 Å². The van der Waals surface area contributed by atoms with Gasteiger partial charge in [0.05, 0.1) is 5.41 Å². The van der Waals surface area contributed by atoms with Crippen LogP contribution in [0.1, 0.15) is 43.0 Å². The van der Waals surface area contributed by atoms with Gasteiger partial charge in [-0.3, -0.25) is 0 Å². The zero-order valence-electron chi connectivity index (χ0n) is 16.8. The van der Waals surface area contributed by atoms with Gasteiger partial charge in [-0.2, -0.15) is 0 Å². The van der Waals surface area contributed by atoms with Crippen molar-refractivity contribution in [3.8, 4) is 0 Å². The van der Waals surface area contributed by atoms with E-state index in [4.69, 9.17) is 0 Å². The van der Waals surface area contributed by atoms with Crippen LogP contribution in [0, 0.1) is 6.92 Å². The topological polar surface area (TPSA) is 0 Å². The van der Waals surface area contributed by atoms with Gasteiger partial charge in [-0.05, 0) is 61.1 Å². The number of rotatable bonds is 4. The van der Waals surface area contributed by atoms with E-state index in [2.05, 4.69) is 113 Å². The van der Waals surface area contributed by atoms with Gasteiger partial charge in [0, 0.05) is 0 Å². The van der Waals surface area contributed by atoms with E-state index >= 15 is 0 Å². The molecule has 136 valence electrons. The van der Waals surface area contributed by atoms with Gasteiger partial charge in [0.2, 0.25) is 0 Å². The largest absolute Gasteiger partial charge is 0.0991 e. The Labute approximate surface area is 164 Å². The Bertz CT molecular complexity index is 964. The fourth-order valence-electron chi connectivity index (χ4n) is 4.43. The first-order chi connectivity index (χ1) is 13.1. The lowest BCUT2D eigenvalue weighted by atomic mass is 9.66. The first-order valence-electron chi connectivity index (χ1n) is 9.61. The van der Waals surface area contributed by atoms with Crippen molar-refractivity contribution < 1.29 is 0 Å². The van der Waals surface area contributed by atoms with Crippen LogP contribution in [0.3, 0.4) is 0 Å². The molecule has 0 fully saturated rings. The average Bonchev–Trinajstić information content (AvgIpc) is 2.96. The third-order valence-corrected chi connectivity index (χ3v) is 5.43. The predicted molar refractivity (Wildman–Crippen MR) is 119 cm³/mol. The number of allylic oxidation sites excluding steroid dienone is 9. The van der Waals surface area contributed by atoms with E-state index in [1.165, 1.54) is 39.0 Å². The summed E-state index contributed by atoms with van der Waals surface area (Å²) in [5, 5.41) is 0. The second-order valence-corrected chi connectivity index (χ2v) is 6.93. The van der Waals surface area contributed by atoms with E-state index in [-0.39, 0.29) is 5.41 Å². The predicted octanol–water partition coefficient (Wildman–Crippen LogP) is 7.33. The van der Waals surface area contributed by atoms with E-state index in [0.717, 1.165) is 0 Å². The van der Waals surface area contributed by atoms with Gasteiger partial charge >= 0.3 is 0 Å². The highest BCUT2D eigenvalue weighted by Gasteiger charge is 2.48. The van der Waals surface area contributed by atoms with E-state index < -0.39 is 0 Å². The lowest BCUT2D eigenvalue weighted by molar-refractivity contribution is 0.764. The van der Waals surface area contributed by atoms with E-state index in [9.17, 15) is 0 Å². The Hall–Kier alpha value is -2.86. The normalized spacial score (nSPS) is 22.6. The zero-order valence-corrected chi connectivity index (χ0v) is 16.8. The minimum absolute atomic E-state index is 0.333. The van der Waals surface area contributed by atoms with Gasteiger partial charge in [0.1, 0.15) is 0 Å². The van der Waals surface area contributed by atoms with Crippen LogP contribution in [0.2, 0.25) is 0 Å². The summed E-state index contributed by atoms with van der Waals surface area (Å²) in [6.07, 6.45) is 13.0. The lowest BCUT2D eigenvalue weighted by Gasteiger charge is -2.35.